The van der Waals surface area contributed by atoms with Crippen molar-refractivity contribution in [2.45, 2.75) is 13.0 Å². The van der Waals surface area contributed by atoms with Gasteiger partial charge in [-0.3, -0.25) is 0 Å². The second kappa shape index (κ2) is 7.35. The van der Waals surface area contributed by atoms with Gasteiger partial charge in [0.25, 0.3) is 10.2 Å². The predicted octanol–water partition coefficient (Wildman–Crippen LogP) is 0.827. The zero-order chi connectivity index (χ0) is 17.0. The summed E-state index contributed by atoms with van der Waals surface area (Å²) in [5.41, 5.74) is -0.108. The SMILES string of the molecule is COCC1CCN(S(=O)(=O)NCc2cc(C(=O)O)ccc2F)C1. The number of nitrogens with one attached hydrogen (secondary N) is 1. The summed E-state index contributed by atoms with van der Waals surface area (Å²) >= 11 is 0. The molecule has 1 fully saturated rings. The van der Waals surface area contributed by atoms with Crippen molar-refractivity contribution in [3.63, 3.8) is 0 Å². The molecule has 1 unspecified atom stereocenters. The van der Waals surface area contributed by atoms with Crippen LogP contribution < -0.4 is 4.72 Å². The Balaban J connectivity index is 2.02. The van der Waals surface area contributed by atoms with Crippen LogP contribution in [-0.4, -0.2) is 50.6 Å². The van der Waals surface area contributed by atoms with Crippen LogP contribution in [0.15, 0.2) is 18.2 Å². The highest BCUT2D eigenvalue weighted by Gasteiger charge is 2.31. The molecule has 0 radical (unpaired) electrons. The van der Waals surface area contributed by atoms with Crippen molar-refractivity contribution in [1.82, 2.24) is 9.03 Å². The molecule has 2 rings (SSSR count). The fourth-order valence-corrected chi connectivity index (χ4v) is 3.76. The van der Waals surface area contributed by atoms with Crippen molar-refractivity contribution in [2.24, 2.45) is 5.92 Å². The number of benzene rings is 1. The topological polar surface area (TPSA) is 95.9 Å². The van der Waals surface area contributed by atoms with Gasteiger partial charge in [0.1, 0.15) is 5.82 Å². The Bertz CT molecular complexity index is 680. The summed E-state index contributed by atoms with van der Waals surface area (Å²) in [6.45, 7) is 0.907. The zero-order valence-corrected chi connectivity index (χ0v) is 13.5. The number of rotatable bonds is 7. The predicted molar refractivity (Wildman–Crippen MR) is 80.7 cm³/mol. The van der Waals surface area contributed by atoms with E-state index in [2.05, 4.69) is 4.72 Å². The Morgan fingerprint density at radius 2 is 2.26 bits per heavy atom. The molecule has 1 aliphatic rings. The van der Waals surface area contributed by atoms with Crippen LogP contribution in [0.5, 0.6) is 0 Å². The number of hydrogen-bond donors (Lipinski definition) is 2. The smallest absolute Gasteiger partial charge is 0.335 e. The van der Waals surface area contributed by atoms with Gasteiger partial charge in [0.2, 0.25) is 0 Å². The van der Waals surface area contributed by atoms with E-state index in [-0.39, 0.29) is 23.6 Å². The molecule has 9 heteroatoms. The highest BCUT2D eigenvalue weighted by molar-refractivity contribution is 7.87. The first-order valence-corrected chi connectivity index (χ1v) is 8.53. The van der Waals surface area contributed by atoms with Gasteiger partial charge in [-0.25, -0.2) is 9.18 Å². The van der Waals surface area contributed by atoms with Crippen LogP contribution in [0.4, 0.5) is 4.39 Å². The molecule has 0 aliphatic carbocycles. The lowest BCUT2D eigenvalue weighted by atomic mass is 10.1. The quantitative estimate of drug-likeness (QED) is 0.762. The maximum Gasteiger partial charge on any atom is 0.335 e. The van der Waals surface area contributed by atoms with Crippen LogP contribution in [0.1, 0.15) is 22.3 Å². The number of carboxylic acids is 1. The van der Waals surface area contributed by atoms with Gasteiger partial charge in [-0.2, -0.15) is 17.4 Å². The average Bonchev–Trinajstić information content (AvgIpc) is 2.96. The van der Waals surface area contributed by atoms with E-state index in [1.54, 1.807) is 7.11 Å². The fourth-order valence-electron chi connectivity index (χ4n) is 2.49. The number of halogens is 1. The average molecular weight is 346 g/mol. The lowest BCUT2D eigenvalue weighted by Gasteiger charge is -2.17. The van der Waals surface area contributed by atoms with Gasteiger partial charge >= 0.3 is 5.97 Å². The molecule has 1 saturated heterocycles. The zero-order valence-electron chi connectivity index (χ0n) is 12.7. The molecule has 23 heavy (non-hydrogen) atoms. The normalized spacial score (nSPS) is 19.1. The Morgan fingerprint density at radius 3 is 2.91 bits per heavy atom. The second-order valence-corrected chi connectivity index (χ2v) is 7.16. The van der Waals surface area contributed by atoms with E-state index in [0.29, 0.717) is 26.1 Å². The van der Waals surface area contributed by atoms with Gasteiger partial charge in [0, 0.05) is 32.3 Å². The summed E-state index contributed by atoms with van der Waals surface area (Å²) in [5.74, 6) is -1.71. The van der Waals surface area contributed by atoms with Gasteiger partial charge < -0.3 is 9.84 Å². The van der Waals surface area contributed by atoms with Gasteiger partial charge in [-0.15, -0.1) is 0 Å². The molecule has 1 atom stereocenters. The Labute approximate surface area is 134 Å². The molecule has 0 saturated carbocycles. The van der Waals surface area contributed by atoms with Gasteiger partial charge in [0.15, 0.2) is 0 Å². The third-order valence-electron chi connectivity index (χ3n) is 3.73. The fraction of sp³-hybridized carbons (Fsp3) is 0.500. The van der Waals surface area contributed by atoms with E-state index >= 15 is 0 Å². The van der Waals surface area contributed by atoms with Crippen LogP contribution >= 0.6 is 0 Å². The third kappa shape index (κ3) is 4.47. The molecule has 0 aromatic heterocycles. The van der Waals surface area contributed by atoms with Gasteiger partial charge in [-0.05, 0) is 30.5 Å². The molecule has 7 nitrogen and oxygen atoms in total. The number of carbonyl (C=O) groups is 1. The minimum atomic E-state index is -3.75. The molecule has 128 valence electrons. The summed E-state index contributed by atoms with van der Waals surface area (Å²) < 4.78 is 46.8. The summed E-state index contributed by atoms with van der Waals surface area (Å²) in [7, 11) is -2.18. The first kappa shape index (κ1) is 17.8. The largest absolute Gasteiger partial charge is 0.478 e. The van der Waals surface area contributed by atoms with Crippen LogP contribution in [-0.2, 0) is 21.5 Å². The minimum absolute atomic E-state index is 0.0129. The standard InChI is InChI=1S/C14H19FN2O5S/c1-22-9-10-4-5-17(8-10)23(20,21)16-7-12-6-11(14(18)19)2-3-13(12)15/h2-3,6,10,16H,4-5,7-9H2,1H3,(H,18,19). The summed E-state index contributed by atoms with van der Waals surface area (Å²) in [5, 5.41) is 8.90. The molecule has 0 bridgehead atoms. The Morgan fingerprint density at radius 1 is 1.52 bits per heavy atom. The van der Waals surface area contributed by atoms with Crippen LogP contribution in [0.2, 0.25) is 0 Å². The summed E-state index contributed by atoms with van der Waals surface area (Å²) in [4.78, 5) is 10.9. The van der Waals surface area contributed by atoms with Crippen molar-refractivity contribution in [1.29, 1.82) is 0 Å². The van der Waals surface area contributed by atoms with E-state index < -0.39 is 22.0 Å². The summed E-state index contributed by atoms with van der Waals surface area (Å²) in [6, 6.07) is 3.26. The monoisotopic (exact) mass is 346 g/mol. The van der Waals surface area contributed by atoms with Gasteiger partial charge in [-0.1, -0.05) is 0 Å². The molecule has 1 aliphatic heterocycles. The van der Waals surface area contributed by atoms with E-state index in [4.69, 9.17) is 9.84 Å². The first-order chi connectivity index (χ1) is 10.8. The van der Waals surface area contributed by atoms with Crippen molar-refractivity contribution >= 4 is 16.2 Å². The van der Waals surface area contributed by atoms with Crippen molar-refractivity contribution < 1.29 is 27.4 Å². The Hall–Kier alpha value is -1.55. The van der Waals surface area contributed by atoms with E-state index in [9.17, 15) is 17.6 Å². The number of nitrogens with zero attached hydrogens (tertiary/aromatic N) is 1. The molecule has 1 heterocycles. The second-order valence-electron chi connectivity index (χ2n) is 5.41. The maximum absolute atomic E-state index is 13.7. The molecule has 2 N–H and O–H groups in total. The lowest BCUT2D eigenvalue weighted by molar-refractivity contribution is 0.0696. The molecule has 0 spiro atoms. The number of carboxylic acid groups (broad SMARTS) is 1. The molecule has 1 aromatic carbocycles. The number of methoxy groups -OCH3 is 1. The molecular formula is C14H19FN2O5S. The van der Waals surface area contributed by atoms with Crippen molar-refractivity contribution in [2.75, 3.05) is 26.8 Å². The van der Waals surface area contributed by atoms with Crippen LogP contribution in [0.25, 0.3) is 0 Å². The van der Waals surface area contributed by atoms with Gasteiger partial charge in [0.05, 0.1) is 12.2 Å². The van der Waals surface area contributed by atoms with Crippen LogP contribution in [0.3, 0.4) is 0 Å². The first-order valence-electron chi connectivity index (χ1n) is 7.09. The highest BCUT2D eigenvalue weighted by Crippen LogP contribution is 2.19. The minimum Gasteiger partial charge on any atom is -0.478 e. The van der Waals surface area contributed by atoms with Crippen molar-refractivity contribution in [3.8, 4) is 0 Å². The number of ether oxygens (including phenoxy) is 1. The number of hydrogen-bond acceptors (Lipinski definition) is 4. The molecular weight excluding hydrogens is 327 g/mol. The molecule has 0 amide bonds. The van der Waals surface area contributed by atoms with E-state index in [1.165, 1.54) is 4.31 Å². The van der Waals surface area contributed by atoms with Crippen molar-refractivity contribution in [3.05, 3.63) is 35.1 Å². The van der Waals surface area contributed by atoms with Crippen LogP contribution in [0, 0.1) is 11.7 Å². The maximum atomic E-state index is 13.7. The highest BCUT2D eigenvalue weighted by atomic mass is 32.2. The third-order valence-corrected chi connectivity index (χ3v) is 5.25. The van der Waals surface area contributed by atoms with E-state index in [0.717, 1.165) is 18.2 Å². The molecule has 1 aromatic rings. The Kier molecular flexibility index (Phi) is 5.69. The van der Waals surface area contributed by atoms with E-state index in [1.807, 2.05) is 0 Å². The summed E-state index contributed by atoms with van der Waals surface area (Å²) in [6.07, 6.45) is 0.706. The number of aromatic carboxylic acids is 1. The lowest BCUT2D eigenvalue weighted by Crippen LogP contribution is -2.39.